The lowest BCUT2D eigenvalue weighted by Crippen LogP contribution is -2.46. The van der Waals surface area contributed by atoms with E-state index in [1.807, 2.05) is 31.2 Å². The molecule has 8 heteroatoms. The molecule has 1 fully saturated rings. The van der Waals surface area contributed by atoms with Gasteiger partial charge in [0.25, 0.3) is 0 Å². The SMILES string of the molecule is CCCn1c(=O)n(CCC(=O)NCC2(C(=O)O)CCOCC2)c2ccccc21. The Morgan fingerprint density at radius 3 is 2.32 bits per heavy atom. The largest absolute Gasteiger partial charge is 0.481 e. The second-order valence-electron chi connectivity index (χ2n) is 7.30. The average Bonchev–Trinajstić information content (AvgIpc) is 2.97. The number of para-hydroxylation sites is 2. The third-order valence-electron chi connectivity index (χ3n) is 5.46. The number of imidazole rings is 1. The normalized spacial score (nSPS) is 16.2. The Bertz CT molecular complexity index is 908. The predicted octanol–water partition coefficient (Wildman–Crippen LogP) is 1.60. The Balaban J connectivity index is 1.67. The third kappa shape index (κ3) is 3.96. The van der Waals surface area contributed by atoms with Gasteiger partial charge in [-0.3, -0.25) is 18.7 Å². The number of aromatic nitrogens is 2. The van der Waals surface area contributed by atoms with Gasteiger partial charge in [-0.2, -0.15) is 0 Å². The molecular formula is C20H27N3O5. The maximum atomic E-state index is 12.7. The van der Waals surface area contributed by atoms with Crippen LogP contribution < -0.4 is 11.0 Å². The number of carbonyl (C=O) groups excluding carboxylic acids is 1. The summed E-state index contributed by atoms with van der Waals surface area (Å²) in [4.78, 5) is 36.8. The molecule has 2 heterocycles. The fraction of sp³-hybridized carbons (Fsp3) is 0.550. The number of amides is 1. The van der Waals surface area contributed by atoms with Crippen LogP contribution in [0.4, 0.5) is 0 Å². The number of carboxylic acids is 1. The predicted molar refractivity (Wildman–Crippen MR) is 104 cm³/mol. The molecule has 0 atom stereocenters. The molecule has 1 aliphatic heterocycles. The maximum absolute atomic E-state index is 12.7. The van der Waals surface area contributed by atoms with Gasteiger partial charge in [0.1, 0.15) is 0 Å². The van der Waals surface area contributed by atoms with E-state index in [1.165, 1.54) is 0 Å². The van der Waals surface area contributed by atoms with Crippen molar-refractivity contribution in [2.24, 2.45) is 5.41 Å². The van der Waals surface area contributed by atoms with Crippen LogP contribution in [-0.2, 0) is 27.4 Å². The first-order valence-electron chi connectivity index (χ1n) is 9.74. The Morgan fingerprint density at radius 1 is 1.14 bits per heavy atom. The molecule has 0 bridgehead atoms. The molecule has 3 rings (SSSR count). The molecular weight excluding hydrogens is 362 g/mol. The summed E-state index contributed by atoms with van der Waals surface area (Å²) in [6, 6.07) is 7.55. The Morgan fingerprint density at radius 2 is 1.75 bits per heavy atom. The molecule has 1 saturated heterocycles. The summed E-state index contributed by atoms with van der Waals surface area (Å²) >= 11 is 0. The van der Waals surface area contributed by atoms with Crippen molar-refractivity contribution in [3.05, 3.63) is 34.7 Å². The lowest BCUT2D eigenvalue weighted by atomic mass is 9.80. The van der Waals surface area contributed by atoms with Crippen LogP contribution in [-0.4, -0.2) is 45.9 Å². The van der Waals surface area contributed by atoms with Gasteiger partial charge in [0, 0.05) is 39.3 Å². The van der Waals surface area contributed by atoms with E-state index in [0.717, 1.165) is 17.5 Å². The second-order valence-corrected chi connectivity index (χ2v) is 7.30. The number of nitrogens with one attached hydrogen (secondary N) is 1. The number of rotatable bonds is 8. The number of hydrogen-bond donors (Lipinski definition) is 2. The van der Waals surface area contributed by atoms with Crippen molar-refractivity contribution in [2.75, 3.05) is 19.8 Å². The van der Waals surface area contributed by atoms with Gasteiger partial charge in [0.2, 0.25) is 5.91 Å². The molecule has 1 aromatic carbocycles. The van der Waals surface area contributed by atoms with E-state index in [2.05, 4.69) is 5.32 Å². The van der Waals surface area contributed by atoms with Crippen LogP contribution in [0.1, 0.15) is 32.6 Å². The highest BCUT2D eigenvalue weighted by molar-refractivity contribution is 5.80. The van der Waals surface area contributed by atoms with Crippen molar-refractivity contribution in [3.63, 3.8) is 0 Å². The minimum atomic E-state index is -0.970. The zero-order chi connectivity index (χ0) is 20.1. The first kappa shape index (κ1) is 20.1. The minimum Gasteiger partial charge on any atom is -0.481 e. The van der Waals surface area contributed by atoms with Gasteiger partial charge in [-0.1, -0.05) is 19.1 Å². The van der Waals surface area contributed by atoms with Crippen LogP contribution in [0, 0.1) is 5.41 Å². The van der Waals surface area contributed by atoms with E-state index < -0.39 is 11.4 Å². The van der Waals surface area contributed by atoms with Crippen molar-refractivity contribution in [3.8, 4) is 0 Å². The van der Waals surface area contributed by atoms with E-state index in [4.69, 9.17) is 4.74 Å². The summed E-state index contributed by atoms with van der Waals surface area (Å²) < 4.78 is 8.59. The highest BCUT2D eigenvalue weighted by Crippen LogP contribution is 2.30. The lowest BCUT2D eigenvalue weighted by molar-refractivity contribution is -0.154. The van der Waals surface area contributed by atoms with Gasteiger partial charge in [0.05, 0.1) is 16.4 Å². The summed E-state index contributed by atoms with van der Waals surface area (Å²) in [7, 11) is 0. The molecule has 28 heavy (non-hydrogen) atoms. The molecule has 0 radical (unpaired) electrons. The van der Waals surface area contributed by atoms with Crippen molar-refractivity contribution in [1.29, 1.82) is 0 Å². The van der Waals surface area contributed by atoms with Gasteiger partial charge in [-0.15, -0.1) is 0 Å². The number of benzene rings is 1. The van der Waals surface area contributed by atoms with Crippen LogP contribution in [0.15, 0.2) is 29.1 Å². The van der Waals surface area contributed by atoms with Crippen LogP contribution in [0.25, 0.3) is 11.0 Å². The minimum absolute atomic E-state index is 0.0804. The maximum Gasteiger partial charge on any atom is 0.329 e. The molecule has 8 nitrogen and oxygen atoms in total. The van der Waals surface area contributed by atoms with E-state index >= 15 is 0 Å². The van der Waals surface area contributed by atoms with Gasteiger partial charge >= 0.3 is 11.7 Å². The number of aryl methyl sites for hydroxylation is 2. The number of fused-ring (bicyclic) bond motifs is 1. The number of ether oxygens (including phenoxy) is 1. The van der Waals surface area contributed by atoms with Crippen LogP contribution in [0.2, 0.25) is 0 Å². The van der Waals surface area contributed by atoms with Crippen LogP contribution in [0.3, 0.4) is 0 Å². The monoisotopic (exact) mass is 389 g/mol. The highest BCUT2D eigenvalue weighted by Gasteiger charge is 2.40. The lowest BCUT2D eigenvalue weighted by Gasteiger charge is -2.33. The second kappa shape index (κ2) is 8.60. The fourth-order valence-corrected chi connectivity index (χ4v) is 3.73. The van der Waals surface area contributed by atoms with Crippen molar-refractivity contribution in [1.82, 2.24) is 14.5 Å². The van der Waals surface area contributed by atoms with E-state index in [9.17, 15) is 19.5 Å². The van der Waals surface area contributed by atoms with Crippen molar-refractivity contribution >= 4 is 22.9 Å². The number of aliphatic carboxylic acids is 1. The molecule has 0 saturated carbocycles. The molecule has 0 aliphatic carbocycles. The van der Waals surface area contributed by atoms with Crippen molar-refractivity contribution in [2.45, 2.75) is 45.7 Å². The average molecular weight is 389 g/mol. The van der Waals surface area contributed by atoms with Gasteiger partial charge in [-0.05, 0) is 31.4 Å². The van der Waals surface area contributed by atoms with Crippen LogP contribution >= 0.6 is 0 Å². The smallest absolute Gasteiger partial charge is 0.329 e. The van der Waals surface area contributed by atoms with Crippen LogP contribution in [0.5, 0.6) is 0 Å². The molecule has 0 unspecified atom stereocenters. The summed E-state index contributed by atoms with van der Waals surface area (Å²) in [5.74, 6) is -1.17. The molecule has 1 aliphatic rings. The highest BCUT2D eigenvalue weighted by atomic mass is 16.5. The van der Waals surface area contributed by atoms with Gasteiger partial charge in [-0.25, -0.2) is 4.79 Å². The number of nitrogens with zero attached hydrogens (tertiary/aromatic N) is 2. The Hall–Kier alpha value is -2.61. The fourth-order valence-electron chi connectivity index (χ4n) is 3.73. The third-order valence-corrected chi connectivity index (χ3v) is 5.46. The number of carboxylic acid groups (broad SMARTS) is 1. The van der Waals surface area contributed by atoms with E-state index in [0.29, 0.717) is 32.6 Å². The number of carbonyl (C=O) groups is 2. The molecule has 1 aromatic heterocycles. The van der Waals surface area contributed by atoms with E-state index in [-0.39, 0.29) is 31.1 Å². The first-order chi connectivity index (χ1) is 13.5. The van der Waals surface area contributed by atoms with E-state index in [1.54, 1.807) is 9.13 Å². The standard InChI is InChI=1S/C20H27N3O5/c1-2-10-22-15-5-3-4-6-16(15)23(19(22)27)11-7-17(24)21-14-20(18(25)26)8-12-28-13-9-20/h3-6H,2,7-14H2,1H3,(H,21,24)(H,25,26). The number of hydrogen-bond acceptors (Lipinski definition) is 4. The zero-order valence-electron chi connectivity index (χ0n) is 16.1. The van der Waals surface area contributed by atoms with Gasteiger partial charge in [0.15, 0.2) is 0 Å². The van der Waals surface area contributed by atoms with Gasteiger partial charge < -0.3 is 15.2 Å². The topological polar surface area (TPSA) is 103 Å². The zero-order valence-corrected chi connectivity index (χ0v) is 16.1. The Labute approximate surface area is 163 Å². The summed E-state index contributed by atoms with van der Waals surface area (Å²) in [6.07, 6.45) is 1.72. The molecule has 152 valence electrons. The molecule has 2 aromatic rings. The summed E-state index contributed by atoms with van der Waals surface area (Å²) in [5, 5.41) is 12.3. The molecule has 0 spiro atoms. The first-order valence-corrected chi connectivity index (χ1v) is 9.74. The summed E-state index contributed by atoms with van der Waals surface area (Å²) in [5.41, 5.74) is 0.575. The molecule has 2 N–H and O–H groups in total. The Kier molecular flexibility index (Phi) is 6.18. The summed E-state index contributed by atoms with van der Waals surface area (Å²) in [6.45, 7) is 3.74. The molecule has 1 amide bonds. The quantitative estimate of drug-likeness (QED) is 0.714. The van der Waals surface area contributed by atoms with Crippen molar-refractivity contribution < 1.29 is 19.4 Å².